The number of rotatable bonds is 4. The van der Waals surface area contributed by atoms with E-state index in [2.05, 4.69) is 10.3 Å². The summed E-state index contributed by atoms with van der Waals surface area (Å²) in [5.41, 5.74) is 0.689. The summed E-state index contributed by atoms with van der Waals surface area (Å²) in [7, 11) is 0. The van der Waals surface area contributed by atoms with Crippen LogP contribution in [0.2, 0.25) is 5.02 Å². The van der Waals surface area contributed by atoms with Crippen molar-refractivity contribution in [1.29, 1.82) is 5.26 Å². The molecule has 0 aliphatic heterocycles. The molecule has 2 rings (SSSR count). The third kappa shape index (κ3) is 3.26. The molecule has 0 saturated carbocycles. The van der Waals surface area contributed by atoms with Crippen molar-refractivity contribution in [2.45, 2.75) is 6.92 Å². The number of halogens is 1. The van der Waals surface area contributed by atoms with Gasteiger partial charge < -0.3 is 10.1 Å². The Bertz CT molecular complexity index is 718. The van der Waals surface area contributed by atoms with E-state index in [0.717, 1.165) is 10.2 Å². The van der Waals surface area contributed by atoms with Crippen molar-refractivity contribution in [1.82, 2.24) is 4.98 Å². The lowest BCUT2D eigenvalue weighted by molar-refractivity contribution is -0.138. The molecule has 0 radical (unpaired) electrons. The zero-order valence-electron chi connectivity index (χ0n) is 10.5. The van der Waals surface area contributed by atoms with Crippen molar-refractivity contribution < 1.29 is 9.53 Å². The van der Waals surface area contributed by atoms with E-state index in [9.17, 15) is 4.79 Å². The molecule has 7 heteroatoms. The smallest absolute Gasteiger partial charge is 0.350 e. The van der Waals surface area contributed by atoms with E-state index in [-0.39, 0.29) is 12.2 Å². The number of aromatic nitrogens is 1. The number of hydrogen-bond acceptors (Lipinski definition) is 6. The SMILES string of the molecule is CCOC(=O)/C(C#N)=C\Nc1nc2ccc(Cl)cc2s1. The summed E-state index contributed by atoms with van der Waals surface area (Å²) in [6, 6.07) is 7.14. The van der Waals surface area contributed by atoms with Gasteiger partial charge in [0, 0.05) is 11.2 Å². The fraction of sp³-hybridized carbons (Fsp3) is 0.154. The fourth-order valence-electron chi connectivity index (χ4n) is 1.44. The summed E-state index contributed by atoms with van der Waals surface area (Å²) in [5.74, 6) is -0.661. The number of carbonyl (C=O) groups is 1. The number of benzene rings is 1. The zero-order chi connectivity index (χ0) is 14.5. The van der Waals surface area contributed by atoms with Gasteiger partial charge in [-0.3, -0.25) is 0 Å². The van der Waals surface area contributed by atoms with Crippen LogP contribution in [0.3, 0.4) is 0 Å². The maximum Gasteiger partial charge on any atom is 0.350 e. The monoisotopic (exact) mass is 307 g/mol. The molecule has 5 nitrogen and oxygen atoms in total. The number of ether oxygens (including phenoxy) is 1. The normalized spacial score (nSPS) is 11.2. The van der Waals surface area contributed by atoms with E-state index in [1.165, 1.54) is 17.5 Å². The lowest BCUT2D eigenvalue weighted by Gasteiger charge is -1.99. The molecule has 0 atom stereocenters. The molecule has 0 bridgehead atoms. The minimum atomic E-state index is -0.661. The van der Waals surface area contributed by atoms with Gasteiger partial charge in [0.05, 0.1) is 16.8 Å². The quantitative estimate of drug-likeness (QED) is 0.532. The van der Waals surface area contributed by atoms with Crippen LogP contribution in [0, 0.1) is 11.3 Å². The molecule has 0 aliphatic rings. The molecule has 1 aromatic heterocycles. The van der Waals surface area contributed by atoms with Crippen LogP contribution >= 0.6 is 22.9 Å². The number of thiazole rings is 1. The third-order valence-corrected chi connectivity index (χ3v) is 3.49. The molecule has 2 aromatic rings. The number of nitrogens with zero attached hydrogens (tertiary/aromatic N) is 2. The average molecular weight is 308 g/mol. The Morgan fingerprint density at radius 3 is 3.15 bits per heavy atom. The molecule has 1 heterocycles. The van der Waals surface area contributed by atoms with Gasteiger partial charge >= 0.3 is 5.97 Å². The van der Waals surface area contributed by atoms with Crippen LogP contribution in [0.5, 0.6) is 0 Å². The highest BCUT2D eigenvalue weighted by molar-refractivity contribution is 7.22. The van der Waals surface area contributed by atoms with Crippen molar-refractivity contribution in [2.24, 2.45) is 0 Å². The van der Waals surface area contributed by atoms with Crippen LogP contribution in [0.4, 0.5) is 5.13 Å². The predicted molar refractivity (Wildman–Crippen MR) is 78.6 cm³/mol. The van der Waals surface area contributed by atoms with Gasteiger partial charge in [-0.1, -0.05) is 22.9 Å². The van der Waals surface area contributed by atoms with Crippen LogP contribution < -0.4 is 5.32 Å². The molecule has 20 heavy (non-hydrogen) atoms. The molecule has 0 aliphatic carbocycles. The van der Waals surface area contributed by atoms with Crippen LogP contribution in [-0.4, -0.2) is 17.6 Å². The van der Waals surface area contributed by atoms with E-state index in [1.54, 1.807) is 31.2 Å². The minimum absolute atomic E-state index is 0.107. The molecule has 0 fully saturated rings. The Labute approximate surface area is 124 Å². The Hall–Kier alpha value is -2.10. The summed E-state index contributed by atoms with van der Waals surface area (Å²) < 4.78 is 5.67. The molecular weight excluding hydrogens is 298 g/mol. The van der Waals surface area contributed by atoms with Crippen molar-refractivity contribution in [2.75, 3.05) is 11.9 Å². The molecule has 0 saturated heterocycles. The minimum Gasteiger partial charge on any atom is -0.462 e. The highest BCUT2D eigenvalue weighted by Gasteiger charge is 2.10. The number of fused-ring (bicyclic) bond motifs is 1. The Morgan fingerprint density at radius 2 is 2.45 bits per heavy atom. The van der Waals surface area contributed by atoms with E-state index in [1.807, 2.05) is 0 Å². The van der Waals surface area contributed by atoms with Crippen LogP contribution in [0.15, 0.2) is 30.0 Å². The summed E-state index contributed by atoms with van der Waals surface area (Å²) in [6.07, 6.45) is 1.29. The topological polar surface area (TPSA) is 75.0 Å². The summed E-state index contributed by atoms with van der Waals surface area (Å²) in [4.78, 5) is 15.7. The molecular formula is C13H10ClN3O2S. The molecule has 102 valence electrons. The maximum absolute atomic E-state index is 11.4. The van der Waals surface area contributed by atoms with Gasteiger partial charge in [-0.2, -0.15) is 5.26 Å². The standard InChI is InChI=1S/C13H10ClN3O2S/c1-2-19-12(18)8(6-15)7-16-13-17-10-4-3-9(14)5-11(10)20-13/h3-5,7H,2H2,1H3,(H,16,17)/b8-7-. The first-order chi connectivity index (χ1) is 9.63. The number of esters is 1. The van der Waals surface area contributed by atoms with E-state index in [0.29, 0.717) is 10.2 Å². The van der Waals surface area contributed by atoms with Crippen LogP contribution in [0.25, 0.3) is 10.2 Å². The van der Waals surface area contributed by atoms with Gasteiger partial charge in [0.15, 0.2) is 10.7 Å². The first kappa shape index (κ1) is 14.3. The second kappa shape index (κ2) is 6.37. The molecule has 0 amide bonds. The van der Waals surface area contributed by atoms with E-state index in [4.69, 9.17) is 21.6 Å². The van der Waals surface area contributed by atoms with Crippen molar-refractivity contribution in [3.63, 3.8) is 0 Å². The second-order valence-electron chi connectivity index (χ2n) is 3.67. The maximum atomic E-state index is 11.4. The fourth-order valence-corrected chi connectivity index (χ4v) is 2.55. The lowest BCUT2D eigenvalue weighted by atomic mass is 10.3. The number of anilines is 1. The Balaban J connectivity index is 2.19. The van der Waals surface area contributed by atoms with Crippen molar-refractivity contribution >= 4 is 44.3 Å². The second-order valence-corrected chi connectivity index (χ2v) is 5.13. The van der Waals surface area contributed by atoms with Crippen molar-refractivity contribution in [3.05, 3.63) is 35.0 Å². The van der Waals surface area contributed by atoms with Gasteiger partial charge in [-0.15, -0.1) is 0 Å². The third-order valence-electron chi connectivity index (χ3n) is 2.31. The Kier molecular flexibility index (Phi) is 4.56. The van der Waals surface area contributed by atoms with Crippen LogP contribution in [-0.2, 0) is 9.53 Å². The van der Waals surface area contributed by atoms with Gasteiger partial charge in [0.1, 0.15) is 6.07 Å². The van der Waals surface area contributed by atoms with Crippen LogP contribution in [0.1, 0.15) is 6.92 Å². The number of nitriles is 1. The lowest BCUT2D eigenvalue weighted by Crippen LogP contribution is -2.07. The molecule has 1 aromatic carbocycles. The van der Waals surface area contributed by atoms with E-state index >= 15 is 0 Å². The molecule has 0 spiro atoms. The number of hydrogen-bond donors (Lipinski definition) is 1. The van der Waals surface area contributed by atoms with Crippen molar-refractivity contribution in [3.8, 4) is 6.07 Å². The first-order valence-corrected chi connectivity index (χ1v) is 6.93. The Morgan fingerprint density at radius 1 is 1.65 bits per heavy atom. The zero-order valence-corrected chi connectivity index (χ0v) is 12.1. The van der Waals surface area contributed by atoms with Gasteiger partial charge in [0.2, 0.25) is 0 Å². The number of nitrogens with one attached hydrogen (secondary N) is 1. The summed E-state index contributed by atoms with van der Waals surface area (Å²) in [6.45, 7) is 1.90. The molecule has 0 unspecified atom stereocenters. The highest BCUT2D eigenvalue weighted by atomic mass is 35.5. The van der Waals surface area contributed by atoms with E-state index < -0.39 is 5.97 Å². The van der Waals surface area contributed by atoms with Gasteiger partial charge in [-0.05, 0) is 25.1 Å². The number of carbonyl (C=O) groups excluding carboxylic acids is 1. The average Bonchev–Trinajstić information content (AvgIpc) is 2.81. The summed E-state index contributed by atoms with van der Waals surface area (Å²) in [5, 5.41) is 12.9. The predicted octanol–water partition coefficient (Wildman–Crippen LogP) is 3.33. The largest absolute Gasteiger partial charge is 0.462 e. The summed E-state index contributed by atoms with van der Waals surface area (Å²) >= 11 is 7.27. The first-order valence-electron chi connectivity index (χ1n) is 5.74. The molecule has 1 N–H and O–H groups in total. The van der Waals surface area contributed by atoms with Gasteiger partial charge in [0.25, 0.3) is 0 Å². The van der Waals surface area contributed by atoms with Gasteiger partial charge in [-0.25, -0.2) is 9.78 Å². The highest BCUT2D eigenvalue weighted by Crippen LogP contribution is 2.28.